The highest BCUT2D eigenvalue weighted by Gasteiger charge is 2.27. The van der Waals surface area contributed by atoms with Crippen LogP contribution < -0.4 is 5.32 Å². The lowest BCUT2D eigenvalue weighted by Crippen LogP contribution is -2.51. The Bertz CT molecular complexity index is 895. The van der Waals surface area contributed by atoms with E-state index in [1.807, 2.05) is 6.07 Å². The number of para-hydroxylation sites is 1. The van der Waals surface area contributed by atoms with E-state index >= 15 is 0 Å². The van der Waals surface area contributed by atoms with Gasteiger partial charge in [0.1, 0.15) is 0 Å². The van der Waals surface area contributed by atoms with Crippen molar-refractivity contribution in [1.82, 2.24) is 9.80 Å². The third-order valence-electron chi connectivity index (χ3n) is 5.58. The predicted octanol–water partition coefficient (Wildman–Crippen LogP) is 5.10. The summed E-state index contributed by atoms with van der Waals surface area (Å²) in [5.41, 5.74) is 4.98. The first kappa shape index (κ1) is 19.6. The Morgan fingerprint density at radius 1 is 0.759 bits per heavy atom. The monoisotopic (exact) mass is 401 g/mol. The van der Waals surface area contributed by atoms with Gasteiger partial charge in [-0.3, -0.25) is 4.90 Å². The van der Waals surface area contributed by atoms with Crippen molar-refractivity contribution in [3.8, 4) is 0 Å². The van der Waals surface area contributed by atoms with Gasteiger partial charge in [-0.05, 0) is 41.9 Å². The van der Waals surface area contributed by atoms with Crippen molar-refractivity contribution in [1.29, 1.82) is 0 Å². The lowest BCUT2D eigenvalue weighted by molar-refractivity contribution is 0.151. The molecule has 1 heterocycles. The molecule has 3 nitrogen and oxygen atoms in total. The second-order valence-electron chi connectivity index (χ2n) is 7.49. The molecular weight excluding hydrogens is 374 g/mol. The number of thiocarbonyl (C=S) groups is 1. The lowest BCUT2D eigenvalue weighted by Gasteiger charge is -2.40. The molecule has 29 heavy (non-hydrogen) atoms. The Balaban J connectivity index is 1.46. The Morgan fingerprint density at radius 3 is 1.83 bits per heavy atom. The van der Waals surface area contributed by atoms with Crippen LogP contribution in [0.1, 0.15) is 22.7 Å². The molecular formula is C25H27N3S. The van der Waals surface area contributed by atoms with E-state index in [1.165, 1.54) is 16.7 Å². The SMILES string of the molecule is Cc1ccccc1NC(=S)N1CCN(C(c2ccccc2)c2ccccc2)CC1. The van der Waals surface area contributed by atoms with Gasteiger partial charge < -0.3 is 10.2 Å². The molecule has 4 heteroatoms. The summed E-state index contributed by atoms with van der Waals surface area (Å²) < 4.78 is 0. The first-order chi connectivity index (χ1) is 14.2. The molecule has 0 radical (unpaired) electrons. The topological polar surface area (TPSA) is 18.5 Å². The molecule has 1 aliphatic rings. The van der Waals surface area contributed by atoms with Crippen molar-refractivity contribution < 1.29 is 0 Å². The Morgan fingerprint density at radius 2 is 1.28 bits per heavy atom. The number of rotatable bonds is 4. The zero-order valence-corrected chi connectivity index (χ0v) is 17.6. The molecule has 0 unspecified atom stereocenters. The van der Waals surface area contributed by atoms with Crippen LogP contribution in [-0.2, 0) is 0 Å². The maximum atomic E-state index is 5.70. The standard InChI is InChI=1S/C25H27N3S/c1-20-10-8-9-15-23(20)26-25(29)28-18-16-27(17-19-28)24(21-11-4-2-5-12-21)22-13-6-3-7-14-22/h2-15,24H,16-19H2,1H3,(H,26,29). The summed E-state index contributed by atoms with van der Waals surface area (Å²) in [6.07, 6.45) is 0. The summed E-state index contributed by atoms with van der Waals surface area (Å²) >= 11 is 5.70. The number of hydrogen-bond acceptors (Lipinski definition) is 2. The average Bonchev–Trinajstić information content (AvgIpc) is 2.77. The molecule has 3 aromatic rings. The molecule has 0 aliphatic carbocycles. The molecule has 4 rings (SSSR count). The van der Waals surface area contributed by atoms with Crippen LogP contribution in [0.25, 0.3) is 0 Å². The van der Waals surface area contributed by atoms with Crippen molar-refractivity contribution in [3.63, 3.8) is 0 Å². The third kappa shape index (κ3) is 4.66. The summed E-state index contributed by atoms with van der Waals surface area (Å²) in [6.45, 7) is 5.91. The van der Waals surface area contributed by atoms with E-state index in [-0.39, 0.29) is 6.04 Å². The van der Waals surface area contributed by atoms with E-state index in [0.717, 1.165) is 37.0 Å². The minimum absolute atomic E-state index is 0.275. The quantitative estimate of drug-likeness (QED) is 0.613. The van der Waals surface area contributed by atoms with E-state index in [0.29, 0.717) is 0 Å². The number of anilines is 1. The van der Waals surface area contributed by atoms with E-state index < -0.39 is 0 Å². The van der Waals surface area contributed by atoms with Gasteiger partial charge in [-0.15, -0.1) is 0 Å². The van der Waals surface area contributed by atoms with Gasteiger partial charge in [0.25, 0.3) is 0 Å². The second-order valence-corrected chi connectivity index (χ2v) is 7.88. The minimum Gasteiger partial charge on any atom is -0.346 e. The summed E-state index contributed by atoms with van der Waals surface area (Å²) in [5.74, 6) is 0. The number of nitrogens with zero attached hydrogens (tertiary/aromatic N) is 2. The fraction of sp³-hybridized carbons (Fsp3) is 0.240. The molecule has 0 bridgehead atoms. The number of aryl methyl sites for hydroxylation is 1. The maximum absolute atomic E-state index is 5.70. The predicted molar refractivity (Wildman–Crippen MR) is 125 cm³/mol. The smallest absolute Gasteiger partial charge is 0.173 e. The first-order valence-corrected chi connectivity index (χ1v) is 10.6. The fourth-order valence-electron chi connectivity index (χ4n) is 3.98. The normalized spacial score (nSPS) is 14.8. The van der Waals surface area contributed by atoms with E-state index in [2.05, 4.69) is 101 Å². The maximum Gasteiger partial charge on any atom is 0.173 e. The second kappa shape index (κ2) is 9.21. The molecule has 0 spiro atoms. The molecule has 1 fully saturated rings. The van der Waals surface area contributed by atoms with Crippen LogP contribution in [0, 0.1) is 6.92 Å². The molecule has 0 atom stereocenters. The average molecular weight is 402 g/mol. The van der Waals surface area contributed by atoms with E-state index in [1.54, 1.807) is 0 Å². The van der Waals surface area contributed by atoms with Gasteiger partial charge >= 0.3 is 0 Å². The molecule has 148 valence electrons. The van der Waals surface area contributed by atoms with Crippen molar-refractivity contribution >= 4 is 23.0 Å². The summed E-state index contributed by atoms with van der Waals surface area (Å²) in [5, 5.41) is 4.24. The molecule has 1 N–H and O–H groups in total. The van der Waals surface area contributed by atoms with Crippen LogP contribution >= 0.6 is 12.2 Å². The number of benzene rings is 3. The Labute approximate surface area is 179 Å². The van der Waals surface area contributed by atoms with Gasteiger partial charge in [-0.1, -0.05) is 78.9 Å². The highest BCUT2D eigenvalue weighted by molar-refractivity contribution is 7.80. The molecule has 0 saturated carbocycles. The molecule has 0 aromatic heterocycles. The summed E-state index contributed by atoms with van der Waals surface area (Å²) in [4.78, 5) is 4.85. The van der Waals surface area contributed by atoms with Gasteiger partial charge in [-0.25, -0.2) is 0 Å². The van der Waals surface area contributed by atoms with Crippen LogP contribution in [0.3, 0.4) is 0 Å². The van der Waals surface area contributed by atoms with E-state index in [9.17, 15) is 0 Å². The molecule has 3 aromatic carbocycles. The number of nitrogens with one attached hydrogen (secondary N) is 1. The van der Waals surface area contributed by atoms with Crippen LogP contribution in [0.5, 0.6) is 0 Å². The van der Waals surface area contributed by atoms with Crippen molar-refractivity contribution in [2.45, 2.75) is 13.0 Å². The van der Waals surface area contributed by atoms with Gasteiger partial charge in [0.05, 0.1) is 6.04 Å². The van der Waals surface area contributed by atoms with Crippen LogP contribution in [0.15, 0.2) is 84.9 Å². The summed E-state index contributed by atoms with van der Waals surface area (Å²) in [6, 6.07) is 30.2. The third-order valence-corrected chi connectivity index (χ3v) is 5.94. The number of hydrogen-bond donors (Lipinski definition) is 1. The van der Waals surface area contributed by atoms with Gasteiger partial charge in [0.2, 0.25) is 0 Å². The van der Waals surface area contributed by atoms with Crippen LogP contribution in [0.4, 0.5) is 5.69 Å². The highest BCUT2D eigenvalue weighted by Crippen LogP contribution is 2.29. The molecule has 1 aliphatic heterocycles. The summed E-state index contributed by atoms with van der Waals surface area (Å²) in [7, 11) is 0. The zero-order chi connectivity index (χ0) is 20.1. The highest BCUT2D eigenvalue weighted by atomic mass is 32.1. The van der Waals surface area contributed by atoms with Gasteiger partial charge in [0.15, 0.2) is 5.11 Å². The van der Waals surface area contributed by atoms with Crippen LogP contribution in [0.2, 0.25) is 0 Å². The number of piperazine rings is 1. The van der Waals surface area contributed by atoms with Gasteiger partial charge in [0, 0.05) is 31.9 Å². The molecule has 1 saturated heterocycles. The van der Waals surface area contributed by atoms with Gasteiger partial charge in [-0.2, -0.15) is 0 Å². The fourth-order valence-corrected chi connectivity index (χ4v) is 4.27. The lowest BCUT2D eigenvalue weighted by atomic mass is 9.96. The Hall–Kier alpha value is -2.69. The van der Waals surface area contributed by atoms with Crippen molar-refractivity contribution in [2.24, 2.45) is 0 Å². The minimum atomic E-state index is 0.275. The largest absolute Gasteiger partial charge is 0.346 e. The Kier molecular flexibility index (Phi) is 6.23. The first-order valence-electron chi connectivity index (χ1n) is 10.2. The van der Waals surface area contributed by atoms with Crippen molar-refractivity contribution in [3.05, 3.63) is 102 Å². The van der Waals surface area contributed by atoms with Crippen LogP contribution in [-0.4, -0.2) is 41.1 Å². The molecule has 0 amide bonds. The van der Waals surface area contributed by atoms with Crippen molar-refractivity contribution in [2.75, 3.05) is 31.5 Å². The zero-order valence-electron chi connectivity index (χ0n) is 16.8. The van der Waals surface area contributed by atoms with E-state index in [4.69, 9.17) is 12.2 Å².